The topological polar surface area (TPSA) is 119 Å². The molecule has 1 aliphatic heterocycles. The normalized spacial score (nSPS) is 14.4. The van der Waals surface area contributed by atoms with E-state index in [-0.39, 0.29) is 11.1 Å². The lowest BCUT2D eigenvalue weighted by molar-refractivity contribution is -0.136. The van der Waals surface area contributed by atoms with E-state index in [2.05, 4.69) is 4.99 Å². The zero-order valence-corrected chi connectivity index (χ0v) is 24.2. The Labute approximate surface area is 244 Å². The Hall–Kier alpha value is -4.90. The van der Waals surface area contributed by atoms with Crippen LogP contribution in [0.3, 0.4) is 0 Å². The average molecular weight is 589 g/mol. The van der Waals surface area contributed by atoms with Crippen molar-refractivity contribution in [3.05, 3.63) is 103 Å². The van der Waals surface area contributed by atoms with E-state index >= 15 is 0 Å². The van der Waals surface area contributed by atoms with E-state index in [0.29, 0.717) is 56.7 Å². The molecule has 1 aliphatic rings. The molecule has 42 heavy (non-hydrogen) atoms. The SMILES string of the molecule is CCOc1ccc([C@H]2C(C(=O)OC)=CN=c3s/c(=C/c4ccc(-c5ccc(C(=O)OC)cc5)o4)c(=O)n32)cc1OCC. The highest BCUT2D eigenvalue weighted by Crippen LogP contribution is 2.35. The molecule has 11 heteroatoms. The van der Waals surface area contributed by atoms with Gasteiger partial charge in [0.25, 0.3) is 5.56 Å². The number of benzene rings is 2. The van der Waals surface area contributed by atoms with Gasteiger partial charge in [0.15, 0.2) is 16.3 Å². The Bertz CT molecular complexity index is 1850. The molecule has 4 aromatic rings. The fourth-order valence-corrected chi connectivity index (χ4v) is 5.54. The van der Waals surface area contributed by atoms with Crippen LogP contribution in [0.2, 0.25) is 0 Å². The monoisotopic (exact) mass is 588 g/mol. The summed E-state index contributed by atoms with van der Waals surface area (Å²) in [5, 5.41) is 0. The Kier molecular flexibility index (Phi) is 8.39. The molecule has 216 valence electrons. The van der Waals surface area contributed by atoms with Crippen LogP contribution in [0, 0.1) is 0 Å². The highest BCUT2D eigenvalue weighted by Gasteiger charge is 2.31. The van der Waals surface area contributed by atoms with Gasteiger partial charge in [-0.2, -0.15) is 0 Å². The molecule has 2 aromatic heterocycles. The molecule has 3 heterocycles. The third kappa shape index (κ3) is 5.51. The number of ether oxygens (including phenoxy) is 4. The van der Waals surface area contributed by atoms with Crippen molar-refractivity contribution in [3.8, 4) is 22.8 Å². The Balaban J connectivity index is 1.56. The third-order valence-corrected chi connectivity index (χ3v) is 7.50. The number of furan rings is 1. The summed E-state index contributed by atoms with van der Waals surface area (Å²) in [6.07, 6.45) is 3.07. The standard InChI is InChI=1S/C31H28N2O8S/c1-5-39-24-13-11-20(15-25(24)40-6-2)27-22(30(36)38-4)17-32-31-33(27)28(34)26(42-31)16-21-12-14-23(41-21)18-7-9-19(10-8-18)29(35)37-3/h7-17,27H,5-6H2,1-4H3/b26-16+/t27-/m0/s1. The number of hydrogen-bond acceptors (Lipinski definition) is 10. The van der Waals surface area contributed by atoms with Gasteiger partial charge in [-0.3, -0.25) is 9.36 Å². The van der Waals surface area contributed by atoms with Crippen LogP contribution in [0.1, 0.15) is 41.6 Å². The van der Waals surface area contributed by atoms with Gasteiger partial charge in [-0.25, -0.2) is 14.6 Å². The summed E-state index contributed by atoms with van der Waals surface area (Å²) >= 11 is 1.18. The van der Waals surface area contributed by atoms with Crippen molar-refractivity contribution in [1.29, 1.82) is 0 Å². The molecule has 0 aliphatic carbocycles. The molecule has 0 spiro atoms. The van der Waals surface area contributed by atoms with Crippen LogP contribution >= 0.6 is 11.3 Å². The lowest BCUT2D eigenvalue weighted by Gasteiger charge is -2.23. The Morgan fingerprint density at radius 1 is 0.952 bits per heavy atom. The van der Waals surface area contributed by atoms with Crippen LogP contribution in [0.25, 0.3) is 17.4 Å². The first-order chi connectivity index (χ1) is 20.4. The second-order valence-corrected chi connectivity index (χ2v) is 10.0. The smallest absolute Gasteiger partial charge is 0.337 e. The highest BCUT2D eigenvalue weighted by atomic mass is 32.1. The number of nitrogens with zero attached hydrogens (tertiary/aromatic N) is 2. The molecule has 2 aromatic carbocycles. The molecule has 5 rings (SSSR count). The molecular formula is C31H28N2O8S. The first kappa shape index (κ1) is 28.6. The van der Waals surface area contributed by atoms with Crippen LogP contribution in [0.15, 0.2) is 80.6 Å². The van der Waals surface area contributed by atoms with Crippen molar-refractivity contribution in [3.63, 3.8) is 0 Å². The zero-order valence-electron chi connectivity index (χ0n) is 23.4. The Morgan fingerprint density at radius 2 is 1.67 bits per heavy atom. The quantitative estimate of drug-likeness (QED) is 0.271. The molecule has 0 saturated carbocycles. The first-order valence-electron chi connectivity index (χ1n) is 13.2. The summed E-state index contributed by atoms with van der Waals surface area (Å²) in [6, 6.07) is 14.9. The first-order valence-corrected chi connectivity index (χ1v) is 14.0. The number of carbonyl (C=O) groups excluding carboxylic acids is 2. The van der Waals surface area contributed by atoms with Crippen molar-refractivity contribution >= 4 is 29.4 Å². The van der Waals surface area contributed by atoms with E-state index in [4.69, 9.17) is 23.4 Å². The van der Waals surface area contributed by atoms with Crippen LogP contribution in [-0.2, 0) is 14.3 Å². The van der Waals surface area contributed by atoms with Crippen LogP contribution < -0.4 is 24.4 Å². The molecule has 1 atom stereocenters. The molecule has 0 radical (unpaired) electrons. The van der Waals surface area contributed by atoms with Gasteiger partial charge in [-0.05, 0) is 55.8 Å². The van der Waals surface area contributed by atoms with Gasteiger partial charge in [0.2, 0.25) is 0 Å². The molecule has 0 amide bonds. The van der Waals surface area contributed by atoms with Gasteiger partial charge in [-0.15, -0.1) is 0 Å². The van der Waals surface area contributed by atoms with Crippen molar-refractivity contribution < 1.29 is 33.0 Å². The number of rotatable bonds is 9. The maximum Gasteiger partial charge on any atom is 0.337 e. The predicted octanol–water partition coefficient (Wildman–Crippen LogP) is 3.86. The number of aromatic nitrogens is 1. The minimum absolute atomic E-state index is 0.207. The van der Waals surface area contributed by atoms with Gasteiger partial charge in [0.1, 0.15) is 11.5 Å². The molecule has 0 saturated heterocycles. The number of fused-ring (bicyclic) bond motifs is 1. The minimum Gasteiger partial charge on any atom is -0.490 e. The second-order valence-electron chi connectivity index (χ2n) is 9.02. The van der Waals surface area contributed by atoms with E-state index in [0.717, 1.165) is 5.56 Å². The molecule has 0 unspecified atom stereocenters. The van der Waals surface area contributed by atoms with E-state index in [1.807, 2.05) is 13.8 Å². The Morgan fingerprint density at radius 3 is 2.36 bits per heavy atom. The maximum atomic E-state index is 13.8. The summed E-state index contributed by atoms with van der Waals surface area (Å²) in [5.74, 6) is 1.06. The van der Waals surface area contributed by atoms with Crippen molar-refractivity contribution in [2.45, 2.75) is 19.9 Å². The highest BCUT2D eigenvalue weighted by molar-refractivity contribution is 7.07. The van der Waals surface area contributed by atoms with Crippen molar-refractivity contribution in [2.24, 2.45) is 4.99 Å². The van der Waals surface area contributed by atoms with Gasteiger partial charge in [-0.1, -0.05) is 29.5 Å². The summed E-state index contributed by atoms with van der Waals surface area (Å²) < 4.78 is 29.1. The number of thiazole rings is 1. The number of esters is 2. The molecule has 0 fully saturated rings. The van der Waals surface area contributed by atoms with Crippen LogP contribution in [-0.4, -0.2) is 43.9 Å². The molecule has 10 nitrogen and oxygen atoms in total. The number of methoxy groups -OCH3 is 2. The minimum atomic E-state index is -0.800. The summed E-state index contributed by atoms with van der Waals surface area (Å²) in [4.78, 5) is 43.2. The second kappa shape index (κ2) is 12.3. The summed E-state index contributed by atoms with van der Waals surface area (Å²) in [7, 11) is 2.61. The van der Waals surface area contributed by atoms with Gasteiger partial charge < -0.3 is 23.4 Å². The summed E-state index contributed by atoms with van der Waals surface area (Å²) in [5.41, 5.74) is 1.68. The molecule has 0 bridgehead atoms. The summed E-state index contributed by atoms with van der Waals surface area (Å²) in [6.45, 7) is 4.60. The third-order valence-electron chi connectivity index (χ3n) is 6.50. The van der Waals surface area contributed by atoms with Crippen molar-refractivity contribution in [2.75, 3.05) is 27.4 Å². The number of hydrogen-bond donors (Lipinski definition) is 0. The van der Waals surface area contributed by atoms with Gasteiger partial charge in [0, 0.05) is 17.8 Å². The van der Waals surface area contributed by atoms with E-state index in [1.54, 1.807) is 60.7 Å². The lowest BCUT2D eigenvalue weighted by Crippen LogP contribution is -2.39. The zero-order chi connectivity index (χ0) is 29.8. The van der Waals surface area contributed by atoms with E-state index < -0.39 is 18.0 Å². The number of carbonyl (C=O) groups is 2. The fourth-order valence-electron chi connectivity index (χ4n) is 4.59. The average Bonchev–Trinajstić information content (AvgIpc) is 3.61. The molecule has 0 N–H and O–H groups in total. The fraction of sp³-hybridized carbons (Fsp3) is 0.226. The van der Waals surface area contributed by atoms with E-state index in [1.165, 1.54) is 36.3 Å². The van der Waals surface area contributed by atoms with Crippen LogP contribution in [0.4, 0.5) is 0 Å². The van der Waals surface area contributed by atoms with Gasteiger partial charge >= 0.3 is 11.9 Å². The van der Waals surface area contributed by atoms with Gasteiger partial charge in [0.05, 0.1) is 49.1 Å². The van der Waals surface area contributed by atoms with E-state index in [9.17, 15) is 14.4 Å². The lowest BCUT2D eigenvalue weighted by atomic mass is 9.97. The molecular weight excluding hydrogens is 560 g/mol. The van der Waals surface area contributed by atoms with Crippen LogP contribution in [0.5, 0.6) is 11.5 Å². The van der Waals surface area contributed by atoms with Crippen molar-refractivity contribution in [1.82, 2.24) is 4.57 Å². The maximum absolute atomic E-state index is 13.8. The predicted molar refractivity (Wildman–Crippen MR) is 155 cm³/mol. The largest absolute Gasteiger partial charge is 0.490 e.